The monoisotopic (exact) mass is 228 g/mol. The molecule has 0 aromatic carbocycles. The van der Waals surface area contributed by atoms with Crippen molar-refractivity contribution in [1.82, 2.24) is 0 Å². The third-order valence-corrected chi connectivity index (χ3v) is 2.78. The summed E-state index contributed by atoms with van der Waals surface area (Å²) in [5.41, 5.74) is -0.288. The van der Waals surface area contributed by atoms with Crippen LogP contribution in [0.2, 0.25) is 0 Å². The fourth-order valence-electron chi connectivity index (χ4n) is 1.53. The lowest BCUT2D eigenvalue weighted by Gasteiger charge is -2.23. The predicted octanol–water partition coefficient (Wildman–Crippen LogP) is 1.07. The Hall–Kier alpha value is -1.97. The van der Waals surface area contributed by atoms with Crippen molar-refractivity contribution in [2.45, 2.75) is 12.5 Å². The summed E-state index contributed by atoms with van der Waals surface area (Å²) in [7, 11) is 0. The molecule has 0 aromatic rings. The number of hydrogen-bond acceptors (Lipinski definition) is 3. The van der Waals surface area contributed by atoms with Crippen molar-refractivity contribution in [3.8, 4) is 24.7 Å². The zero-order chi connectivity index (χ0) is 12.3. The number of epoxide rings is 1. The summed E-state index contributed by atoms with van der Waals surface area (Å²) in [6.07, 6.45) is 16.2. The molecule has 1 aliphatic heterocycles. The van der Waals surface area contributed by atoms with Gasteiger partial charge < -0.3 is 9.47 Å². The van der Waals surface area contributed by atoms with Crippen LogP contribution in [0.1, 0.15) is 6.42 Å². The van der Waals surface area contributed by atoms with Crippen molar-refractivity contribution in [1.29, 1.82) is 0 Å². The summed E-state index contributed by atoms with van der Waals surface area (Å²) in [4.78, 5) is 11.9. The third-order valence-electron chi connectivity index (χ3n) is 2.78. The van der Waals surface area contributed by atoms with Gasteiger partial charge in [-0.15, -0.1) is 12.8 Å². The Bertz CT molecular complexity index is 469. The molecule has 0 N–H and O–H groups in total. The highest BCUT2D eigenvalue weighted by atomic mass is 16.6. The van der Waals surface area contributed by atoms with E-state index in [2.05, 4.69) is 11.8 Å². The average molecular weight is 228 g/mol. The molecule has 3 nitrogen and oxygen atoms in total. The number of terminal acetylenes is 2. The van der Waals surface area contributed by atoms with E-state index >= 15 is 0 Å². The molecule has 2 atom stereocenters. The van der Waals surface area contributed by atoms with E-state index in [0.29, 0.717) is 13.0 Å². The Morgan fingerprint density at radius 2 is 2.41 bits per heavy atom. The van der Waals surface area contributed by atoms with Gasteiger partial charge >= 0.3 is 5.97 Å². The van der Waals surface area contributed by atoms with Crippen molar-refractivity contribution in [2.24, 2.45) is 5.41 Å². The Morgan fingerprint density at radius 1 is 1.65 bits per heavy atom. The Balaban J connectivity index is 2.03. The molecule has 1 aliphatic carbocycles. The number of ether oxygens (including phenoxy) is 2. The van der Waals surface area contributed by atoms with Gasteiger partial charge in [-0.05, 0) is 12.5 Å². The standard InChI is InChI=1S/C14H12O3/c1-3-11-5-7-14(4-2,8-6-11)13(15)17-10-12-9-16-12/h1-2,5-7,12H,8-10H2. The van der Waals surface area contributed by atoms with Gasteiger partial charge in [-0.25, -0.2) is 0 Å². The molecule has 1 fully saturated rings. The van der Waals surface area contributed by atoms with Crippen molar-refractivity contribution in [2.75, 3.05) is 13.2 Å². The quantitative estimate of drug-likeness (QED) is 0.412. The molecular formula is C14H12O3. The lowest BCUT2D eigenvalue weighted by molar-refractivity contribution is -0.150. The smallest absolute Gasteiger partial charge is 0.328 e. The summed E-state index contributed by atoms with van der Waals surface area (Å²) in [5.74, 6) is 4.57. The second kappa shape index (κ2) is 4.49. The fraction of sp³-hybridized carbons (Fsp3) is 0.357. The van der Waals surface area contributed by atoms with Gasteiger partial charge in [0.25, 0.3) is 0 Å². The van der Waals surface area contributed by atoms with Gasteiger partial charge in [0.1, 0.15) is 18.1 Å². The molecule has 0 bridgehead atoms. The molecular weight excluding hydrogens is 216 g/mol. The van der Waals surface area contributed by atoms with Gasteiger partial charge in [-0.1, -0.05) is 24.0 Å². The lowest BCUT2D eigenvalue weighted by Crippen LogP contribution is -2.31. The minimum atomic E-state index is -1.02. The zero-order valence-electron chi connectivity index (χ0n) is 9.31. The summed E-state index contributed by atoms with van der Waals surface area (Å²) >= 11 is 0. The van der Waals surface area contributed by atoms with Gasteiger partial charge in [0.2, 0.25) is 0 Å². The molecule has 2 unspecified atom stereocenters. The van der Waals surface area contributed by atoms with Gasteiger partial charge in [0.15, 0.2) is 0 Å². The van der Waals surface area contributed by atoms with E-state index < -0.39 is 11.4 Å². The second-order valence-corrected chi connectivity index (χ2v) is 4.01. The summed E-state index contributed by atoms with van der Waals surface area (Å²) in [6, 6.07) is 0. The molecule has 0 radical (unpaired) electrons. The Morgan fingerprint density at radius 3 is 2.88 bits per heavy atom. The van der Waals surface area contributed by atoms with Crippen LogP contribution in [0.15, 0.2) is 23.8 Å². The second-order valence-electron chi connectivity index (χ2n) is 4.01. The maximum Gasteiger partial charge on any atom is 0.328 e. The summed E-state index contributed by atoms with van der Waals surface area (Å²) in [5, 5.41) is 0. The van der Waals surface area contributed by atoms with Crippen molar-refractivity contribution >= 4 is 5.97 Å². The first-order valence-corrected chi connectivity index (χ1v) is 5.33. The van der Waals surface area contributed by atoms with Crippen LogP contribution in [-0.2, 0) is 14.3 Å². The highest BCUT2D eigenvalue weighted by molar-refractivity contribution is 5.84. The number of esters is 1. The van der Waals surface area contributed by atoms with Gasteiger partial charge in [0.05, 0.1) is 6.61 Å². The highest BCUT2D eigenvalue weighted by Crippen LogP contribution is 2.31. The zero-order valence-corrected chi connectivity index (χ0v) is 9.31. The largest absolute Gasteiger partial charge is 0.461 e. The van der Waals surface area contributed by atoms with E-state index in [0.717, 1.165) is 5.57 Å². The molecule has 1 heterocycles. The number of carbonyl (C=O) groups is 1. The maximum atomic E-state index is 11.9. The molecule has 2 rings (SSSR count). The molecule has 0 spiro atoms. The van der Waals surface area contributed by atoms with E-state index in [4.69, 9.17) is 22.3 Å². The normalized spacial score (nSPS) is 29.8. The number of carbonyl (C=O) groups excluding carboxylic acids is 1. The van der Waals surface area contributed by atoms with E-state index in [1.54, 1.807) is 18.2 Å². The molecule has 2 aliphatic rings. The topological polar surface area (TPSA) is 38.8 Å². The van der Waals surface area contributed by atoms with Crippen molar-refractivity contribution in [3.05, 3.63) is 23.8 Å². The van der Waals surface area contributed by atoms with E-state index in [1.165, 1.54) is 0 Å². The fourth-order valence-corrected chi connectivity index (χ4v) is 1.53. The van der Waals surface area contributed by atoms with Crippen LogP contribution in [0.4, 0.5) is 0 Å². The van der Waals surface area contributed by atoms with Crippen LogP contribution >= 0.6 is 0 Å². The lowest BCUT2D eigenvalue weighted by atomic mass is 9.81. The first kappa shape index (κ1) is 11.5. The van der Waals surface area contributed by atoms with Crippen molar-refractivity contribution in [3.63, 3.8) is 0 Å². The van der Waals surface area contributed by atoms with E-state index in [-0.39, 0.29) is 12.7 Å². The molecule has 0 saturated carbocycles. The summed E-state index contributed by atoms with van der Waals surface area (Å²) < 4.78 is 10.1. The molecule has 0 aromatic heterocycles. The number of rotatable bonds is 3. The third kappa shape index (κ3) is 2.41. The average Bonchev–Trinajstić information content (AvgIpc) is 3.20. The Labute approximate surface area is 100 Å². The molecule has 3 heteroatoms. The minimum absolute atomic E-state index is 0.0400. The van der Waals surface area contributed by atoms with Gasteiger partial charge in [0, 0.05) is 5.57 Å². The van der Waals surface area contributed by atoms with Crippen LogP contribution in [0.25, 0.3) is 0 Å². The van der Waals surface area contributed by atoms with E-state index in [9.17, 15) is 4.79 Å². The first-order chi connectivity index (χ1) is 8.20. The molecule has 1 saturated heterocycles. The molecule has 86 valence electrons. The molecule has 17 heavy (non-hydrogen) atoms. The summed E-state index contributed by atoms with van der Waals surface area (Å²) in [6.45, 7) is 0.912. The van der Waals surface area contributed by atoms with Crippen molar-refractivity contribution < 1.29 is 14.3 Å². The SMILES string of the molecule is C#CC1=CCC(C#C)(C(=O)OCC2CO2)C=C1. The predicted molar refractivity (Wildman–Crippen MR) is 62.6 cm³/mol. The van der Waals surface area contributed by atoms with Crippen LogP contribution in [0, 0.1) is 30.1 Å². The maximum absolute atomic E-state index is 11.9. The molecule has 0 amide bonds. The number of allylic oxidation sites excluding steroid dienone is 3. The van der Waals surface area contributed by atoms with Gasteiger partial charge in [-0.3, -0.25) is 4.79 Å². The minimum Gasteiger partial charge on any atom is -0.461 e. The van der Waals surface area contributed by atoms with Gasteiger partial charge in [-0.2, -0.15) is 0 Å². The highest BCUT2D eigenvalue weighted by Gasteiger charge is 2.37. The van der Waals surface area contributed by atoms with Crippen LogP contribution in [-0.4, -0.2) is 25.3 Å². The van der Waals surface area contributed by atoms with Crippen LogP contribution in [0.5, 0.6) is 0 Å². The first-order valence-electron chi connectivity index (χ1n) is 5.33. The number of hydrogen-bond donors (Lipinski definition) is 0. The van der Waals surface area contributed by atoms with Crippen LogP contribution in [0.3, 0.4) is 0 Å². The van der Waals surface area contributed by atoms with Crippen LogP contribution < -0.4 is 0 Å². The van der Waals surface area contributed by atoms with E-state index in [1.807, 2.05) is 0 Å². The Kier molecular flexibility index (Phi) is 3.04.